The Kier molecular flexibility index (Phi) is 4.58. The summed E-state index contributed by atoms with van der Waals surface area (Å²) in [7, 11) is 0. The van der Waals surface area contributed by atoms with Crippen LogP contribution in [0.1, 0.15) is 32.7 Å². The standard InChI is InChI=1S/C18H24N6O2/c1-12-10-23(11-13(2)26-12)17(25)9-19-15-5-3-14(4-6-15)18-20-21-22-24(18)16-7-8-16/h3-6,12-13,16,19H,7-11H2,1-2H3. The van der Waals surface area contributed by atoms with Gasteiger partial charge in [-0.25, -0.2) is 4.68 Å². The zero-order valence-electron chi connectivity index (χ0n) is 15.1. The molecular weight excluding hydrogens is 332 g/mol. The molecule has 2 atom stereocenters. The number of hydrogen-bond donors (Lipinski definition) is 1. The maximum atomic E-state index is 12.4. The predicted octanol–water partition coefficient (Wildman–Crippen LogP) is 1.72. The number of morpholine rings is 1. The third-order valence-corrected chi connectivity index (χ3v) is 4.74. The summed E-state index contributed by atoms with van der Waals surface area (Å²) in [5.74, 6) is 0.889. The van der Waals surface area contributed by atoms with Gasteiger partial charge in [0, 0.05) is 24.3 Å². The minimum absolute atomic E-state index is 0.0828. The molecule has 2 fully saturated rings. The van der Waals surface area contributed by atoms with Crippen LogP contribution in [-0.2, 0) is 9.53 Å². The number of benzene rings is 1. The van der Waals surface area contributed by atoms with Gasteiger partial charge in [-0.2, -0.15) is 0 Å². The summed E-state index contributed by atoms with van der Waals surface area (Å²) < 4.78 is 7.57. The molecule has 1 saturated carbocycles. The molecule has 26 heavy (non-hydrogen) atoms. The Morgan fingerprint density at radius 1 is 1.19 bits per heavy atom. The molecule has 1 aromatic heterocycles. The van der Waals surface area contributed by atoms with E-state index >= 15 is 0 Å². The second-order valence-electron chi connectivity index (χ2n) is 7.17. The summed E-state index contributed by atoms with van der Waals surface area (Å²) in [5.41, 5.74) is 1.89. The van der Waals surface area contributed by atoms with Crippen molar-refractivity contribution in [3.05, 3.63) is 24.3 Å². The number of nitrogens with zero attached hydrogens (tertiary/aromatic N) is 5. The Morgan fingerprint density at radius 2 is 1.88 bits per heavy atom. The van der Waals surface area contributed by atoms with E-state index in [1.807, 2.05) is 47.7 Å². The van der Waals surface area contributed by atoms with Crippen molar-refractivity contribution in [2.45, 2.75) is 44.9 Å². The molecule has 1 saturated heterocycles. The molecule has 8 nitrogen and oxygen atoms in total. The van der Waals surface area contributed by atoms with E-state index in [-0.39, 0.29) is 24.7 Å². The van der Waals surface area contributed by atoms with E-state index in [0.717, 1.165) is 29.9 Å². The maximum absolute atomic E-state index is 12.4. The van der Waals surface area contributed by atoms with Crippen LogP contribution in [0.5, 0.6) is 0 Å². The van der Waals surface area contributed by atoms with Crippen LogP contribution in [0.2, 0.25) is 0 Å². The van der Waals surface area contributed by atoms with Crippen LogP contribution in [0, 0.1) is 0 Å². The van der Waals surface area contributed by atoms with Gasteiger partial charge < -0.3 is 15.0 Å². The minimum Gasteiger partial charge on any atom is -0.376 e. The second-order valence-corrected chi connectivity index (χ2v) is 7.17. The molecule has 8 heteroatoms. The van der Waals surface area contributed by atoms with Crippen molar-refractivity contribution in [3.8, 4) is 11.4 Å². The van der Waals surface area contributed by atoms with Gasteiger partial charge in [0.1, 0.15) is 0 Å². The molecular formula is C18H24N6O2. The topological polar surface area (TPSA) is 85.2 Å². The van der Waals surface area contributed by atoms with Gasteiger partial charge in [0.25, 0.3) is 0 Å². The lowest BCUT2D eigenvalue weighted by atomic mass is 10.2. The van der Waals surface area contributed by atoms with Crippen LogP contribution in [0.15, 0.2) is 24.3 Å². The zero-order valence-corrected chi connectivity index (χ0v) is 15.1. The normalized spacial score (nSPS) is 23.1. The Hall–Kier alpha value is -2.48. The molecule has 4 rings (SSSR count). The number of ether oxygens (including phenoxy) is 1. The number of hydrogen-bond acceptors (Lipinski definition) is 6. The number of rotatable bonds is 5. The zero-order chi connectivity index (χ0) is 18.1. The lowest BCUT2D eigenvalue weighted by molar-refractivity contribution is -0.141. The molecule has 1 aliphatic carbocycles. The first-order chi connectivity index (χ1) is 12.6. The molecule has 2 aliphatic rings. The number of anilines is 1. The smallest absolute Gasteiger partial charge is 0.242 e. The molecule has 2 heterocycles. The van der Waals surface area contributed by atoms with Gasteiger partial charge in [-0.1, -0.05) is 0 Å². The number of tetrazole rings is 1. The first kappa shape index (κ1) is 17.0. The van der Waals surface area contributed by atoms with Gasteiger partial charge in [0.15, 0.2) is 5.82 Å². The third-order valence-electron chi connectivity index (χ3n) is 4.74. The third kappa shape index (κ3) is 3.70. The predicted molar refractivity (Wildman–Crippen MR) is 96.6 cm³/mol. The average molecular weight is 356 g/mol. The summed E-state index contributed by atoms with van der Waals surface area (Å²) in [4.78, 5) is 14.3. The van der Waals surface area contributed by atoms with Gasteiger partial charge in [0.2, 0.25) is 5.91 Å². The second kappa shape index (κ2) is 7.03. The fraction of sp³-hybridized carbons (Fsp3) is 0.556. The Morgan fingerprint density at radius 3 is 2.54 bits per heavy atom. The van der Waals surface area contributed by atoms with Crippen molar-refractivity contribution in [1.82, 2.24) is 25.1 Å². The minimum atomic E-state index is 0.0828. The molecule has 2 aromatic rings. The molecule has 0 bridgehead atoms. The van der Waals surface area contributed by atoms with Crippen molar-refractivity contribution in [2.75, 3.05) is 25.0 Å². The van der Waals surface area contributed by atoms with Crippen LogP contribution >= 0.6 is 0 Å². The van der Waals surface area contributed by atoms with E-state index in [1.165, 1.54) is 0 Å². The molecule has 0 spiro atoms. The summed E-state index contributed by atoms with van der Waals surface area (Å²) in [6, 6.07) is 8.32. The fourth-order valence-electron chi connectivity index (χ4n) is 3.36. The number of carbonyl (C=O) groups excluding carboxylic acids is 1. The van der Waals surface area contributed by atoms with Gasteiger partial charge >= 0.3 is 0 Å². The van der Waals surface area contributed by atoms with Crippen molar-refractivity contribution in [1.29, 1.82) is 0 Å². The first-order valence-electron chi connectivity index (χ1n) is 9.15. The molecule has 1 aliphatic heterocycles. The Balaban J connectivity index is 1.35. The van der Waals surface area contributed by atoms with E-state index in [1.54, 1.807) is 0 Å². The van der Waals surface area contributed by atoms with E-state index in [0.29, 0.717) is 19.1 Å². The van der Waals surface area contributed by atoms with Crippen LogP contribution in [0.4, 0.5) is 5.69 Å². The Labute approximate surface area is 152 Å². The highest BCUT2D eigenvalue weighted by molar-refractivity contribution is 5.81. The molecule has 1 N–H and O–H groups in total. The van der Waals surface area contributed by atoms with Crippen molar-refractivity contribution in [3.63, 3.8) is 0 Å². The highest BCUT2D eigenvalue weighted by Gasteiger charge is 2.28. The van der Waals surface area contributed by atoms with E-state index < -0.39 is 0 Å². The highest BCUT2D eigenvalue weighted by Crippen LogP contribution is 2.36. The lowest BCUT2D eigenvalue weighted by Gasteiger charge is -2.35. The quantitative estimate of drug-likeness (QED) is 0.878. The van der Waals surface area contributed by atoms with Crippen molar-refractivity contribution < 1.29 is 9.53 Å². The highest BCUT2D eigenvalue weighted by atomic mass is 16.5. The monoisotopic (exact) mass is 356 g/mol. The average Bonchev–Trinajstić information content (AvgIpc) is 3.36. The van der Waals surface area contributed by atoms with Crippen molar-refractivity contribution in [2.24, 2.45) is 0 Å². The molecule has 1 aromatic carbocycles. The maximum Gasteiger partial charge on any atom is 0.242 e. The van der Waals surface area contributed by atoms with Crippen molar-refractivity contribution >= 4 is 11.6 Å². The summed E-state index contributed by atoms with van der Waals surface area (Å²) in [6.45, 7) is 5.56. The largest absolute Gasteiger partial charge is 0.376 e. The van der Waals surface area contributed by atoms with Gasteiger partial charge in [-0.15, -0.1) is 5.10 Å². The summed E-state index contributed by atoms with van der Waals surface area (Å²) in [5, 5.41) is 15.2. The van der Waals surface area contributed by atoms with Gasteiger partial charge in [0.05, 0.1) is 24.8 Å². The lowest BCUT2D eigenvalue weighted by Crippen LogP contribution is -2.49. The molecule has 2 unspecified atom stereocenters. The number of aromatic nitrogens is 4. The van der Waals surface area contributed by atoms with Crippen LogP contribution in [0.25, 0.3) is 11.4 Å². The SMILES string of the molecule is CC1CN(C(=O)CNc2ccc(-c3nnnn3C3CC3)cc2)CC(C)O1. The Bertz CT molecular complexity index is 760. The van der Waals surface area contributed by atoms with Crippen LogP contribution in [-0.4, -0.2) is 62.9 Å². The van der Waals surface area contributed by atoms with Gasteiger partial charge in [-0.3, -0.25) is 4.79 Å². The summed E-state index contributed by atoms with van der Waals surface area (Å²) in [6.07, 6.45) is 2.44. The number of amides is 1. The van der Waals surface area contributed by atoms with E-state index in [4.69, 9.17) is 4.74 Å². The molecule has 1 amide bonds. The van der Waals surface area contributed by atoms with E-state index in [9.17, 15) is 4.79 Å². The van der Waals surface area contributed by atoms with Crippen LogP contribution < -0.4 is 5.32 Å². The first-order valence-corrected chi connectivity index (χ1v) is 9.15. The number of carbonyl (C=O) groups is 1. The van der Waals surface area contributed by atoms with Crippen LogP contribution in [0.3, 0.4) is 0 Å². The summed E-state index contributed by atoms with van der Waals surface area (Å²) >= 11 is 0. The molecule has 0 radical (unpaired) electrons. The fourth-order valence-corrected chi connectivity index (χ4v) is 3.36. The number of nitrogens with one attached hydrogen (secondary N) is 1. The van der Waals surface area contributed by atoms with E-state index in [2.05, 4.69) is 20.8 Å². The van der Waals surface area contributed by atoms with Gasteiger partial charge in [-0.05, 0) is 61.4 Å². The molecule has 138 valence electrons.